The number of carbonyl (C=O) groups is 2. The Morgan fingerprint density at radius 1 is 0.929 bits per heavy atom. The number of hydrogen-bond acceptors (Lipinski definition) is 5. The van der Waals surface area contributed by atoms with Crippen molar-refractivity contribution in [1.82, 2.24) is 0 Å². The van der Waals surface area contributed by atoms with Gasteiger partial charge in [0, 0.05) is 11.6 Å². The molecule has 0 N–H and O–H groups in total. The lowest BCUT2D eigenvalue weighted by molar-refractivity contribution is -0.146. The second-order valence-corrected chi connectivity index (χ2v) is 6.60. The minimum Gasteiger partial charge on any atom is -0.494 e. The van der Waals surface area contributed by atoms with Gasteiger partial charge in [-0.25, -0.2) is 9.59 Å². The van der Waals surface area contributed by atoms with Crippen LogP contribution in [-0.4, -0.2) is 31.8 Å². The summed E-state index contributed by atoms with van der Waals surface area (Å²) in [7, 11) is 0. The second-order valence-electron chi connectivity index (χ2n) is 6.60. The summed E-state index contributed by atoms with van der Waals surface area (Å²) >= 11 is 0. The lowest BCUT2D eigenvalue weighted by Gasteiger charge is -2.06. The Morgan fingerprint density at radius 2 is 1.57 bits per heavy atom. The topological polar surface area (TPSA) is 61.8 Å². The quantitative estimate of drug-likeness (QED) is 0.252. The Labute approximate surface area is 168 Å². The van der Waals surface area contributed by atoms with Gasteiger partial charge in [0.1, 0.15) is 19.0 Å². The van der Waals surface area contributed by atoms with E-state index >= 15 is 0 Å². The van der Waals surface area contributed by atoms with Crippen molar-refractivity contribution in [1.29, 1.82) is 0 Å². The summed E-state index contributed by atoms with van der Waals surface area (Å²) in [5, 5.41) is 0. The van der Waals surface area contributed by atoms with Crippen LogP contribution in [0.5, 0.6) is 5.75 Å². The zero-order valence-electron chi connectivity index (χ0n) is 17.1. The summed E-state index contributed by atoms with van der Waals surface area (Å²) in [4.78, 5) is 22.8. The van der Waals surface area contributed by atoms with Gasteiger partial charge in [0.2, 0.25) is 0 Å². The Kier molecular flexibility index (Phi) is 12.2. The number of benzene rings is 1. The van der Waals surface area contributed by atoms with Gasteiger partial charge in [-0.1, -0.05) is 57.7 Å². The van der Waals surface area contributed by atoms with Gasteiger partial charge in [0.25, 0.3) is 0 Å². The molecule has 0 spiro atoms. The highest BCUT2D eigenvalue weighted by Gasteiger charge is 2.03. The van der Waals surface area contributed by atoms with E-state index in [1.165, 1.54) is 38.2 Å². The minimum atomic E-state index is -0.495. The summed E-state index contributed by atoms with van der Waals surface area (Å²) in [6.45, 7) is 7.99. The van der Waals surface area contributed by atoms with Crippen molar-refractivity contribution < 1.29 is 23.8 Å². The van der Waals surface area contributed by atoms with E-state index in [9.17, 15) is 9.59 Å². The van der Waals surface area contributed by atoms with Crippen LogP contribution in [-0.2, 0) is 19.1 Å². The molecule has 0 radical (unpaired) electrons. The third-order valence-electron chi connectivity index (χ3n) is 3.97. The first-order valence-electron chi connectivity index (χ1n) is 9.93. The number of rotatable bonds is 14. The highest BCUT2D eigenvalue weighted by molar-refractivity contribution is 5.87. The molecule has 1 aromatic rings. The molecule has 0 aliphatic rings. The molecule has 0 aliphatic carbocycles. The molecule has 28 heavy (non-hydrogen) atoms. The molecule has 0 fully saturated rings. The van der Waals surface area contributed by atoms with Crippen molar-refractivity contribution >= 4 is 18.0 Å². The van der Waals surface area contributed by atoms with Crippen LogP contribution >= 0.6 is 0 Å². The zero-order valence-corrected chi connectivity index (χ0v) is 17.1. The van der Waals surface area contributed by atoms with Gasteiger partial charge >= 0.3 is 11.9 Å². The number of unbranched alkanes of at least 4 members (excludes halogenated alkanes) is 5. The maximum Gasteiger partial charge on any atom is 0.333 e. The maximum absolute atomic E-state index is 11.6. The Hall–Kier alpha value is -2.56. The number of carbonyl (C=O) groups excluding carboxylic acids is 2. The molecule has 0 saturated carbocycles. The van der Waals surface area contributed by atoms with E-state index in [4.69, 9.17) is 14.2 Å². The van der Waals surface area contributed by atoms with Crippen LogP contribution in [0.25, 0.3) is 6.08 Å². The van der Waals surface area contributed by atoms with Crippen LogP contribution in [0, 0.1) is 0 Å². The molecule has 1 aromatic carbocycles. The zero-order chi connectivity index (χ0) is 20.6. The van der Waals surface area contributed by atoms with Gasteiger partial charge in [0.15, 0.2) is 0 Å². The van der Waals surface area contributed by atoms with Crippen LogP contribution < -0.4 is 4.74 Å². The van der Waals surface area contributed by atoms with Crippen molar-refractivity contribution in [2.45, 2.75) is 52.4 Å². The smallest absolute Gasteiger partial charge is 0.333 e. The van der Waals surface area contributed by atoms with Crippen LogP contribution in [0.1, 0.15) is 57.9 Å². The second kappa shape index (κ2) is 14.5. The van der Waals surface area contributed by atoms with Crippen molar-refractivity contribution in [3.05, 3.63) is 48.1 Å². The molecular formula is C23H32O5. The summed E-state index contributed by atoms with van der Waals surface area (Å²) in [5.41, 5.74) is 1.18. The highest BCUT2D eigenvalue weighted by Crippen LogP contribution is 2.14. The molecule has 5 heteroatoms. The number of hydrogen-bond donors (Lipinski definition) is 0. The summed E-state index contributed by atoms with van der Waals surface area (Å²) < 4.78 is 15.5. The normalized spacial score (nSPS) is 10.6. The highest BCUT2D eigenvalue weighted by atomic mass is 16.6. The first kappa shape index (κ1) is 23.5. The number of esters is 2. The van der Waals surface area contributed by atoms with Crippen molar-refractivity contribution in [2.24, 2.45) is 0 Å². The molecule has 154 valence electrons. The molecule has 0 saturated heterocycles. The Bertz CT molecular complexity index is 631. The van der Waals surface area contributed by atoms with Gasteiger partial charge in [0.05, 0.1) is 6.61 Å². The fourth-order valence-corrected chi connectivity index (χ4v) is 2.36. The Morgan fingerprint density at radius 3 is 2.25 bits per heavy atom. The molecule has 0 amide bonds. The largest absolute Gasteiger partial charge is 0.494 e. The van der Waals surface area contributed by atoms with Gasteiger partial charge in [-0.15, -0.1) is 0 Å². The number of ether oxygens (including phenoxy) is 3. The standard InChI is InChI=1S/C23H32O5/c1-4-5-6-7-8-9-16-26-21-13-10-20(11-14-21)12-15-22(24)27-17-18-28-23(25)19(2)3/h10-15H,2,4-9,16-18H2,1,3H3/b15-12+. The molecule has 5 nitrogen and oxygen atoms in total. The molecule has 0 aromatic heterocycles. The fraction of sp³-hybridized carbons (Fsp3) is 0.478. The third kappa shape index (κ3) is 11.2. The van der Waals surface area contributed by atoms with E-state index in [2.05, 4.69) is 13.5 Å². The van der Waals surface area contributed by atoms with Crippen LogP contribution in [0.2, 0.25) is 0 Å². The summed E-state index contributed by atoms with van der Waals surface area (Å²) in [6.07, 6.45) is 10.4. The molecular weight excluding hydrogens is 356 g/mol. The van der Waals surface area contributed by atoms with E-state index < -0.39 is 11.9 Å². The lowest BCUT2D eigenvalue weighted by Crippen LogP contribution is -2.12. The fourth-order valence-electron chi connectivity index (χ4n) is 2.36. The molecule has 0 heterocycles. The van der Waals surface area contributed by atoms with Crippen molar-refractivity contribution in [3.63, 3.8) is 0 Å². The molecule has 0 aliphatic heterocycles. The van der Waals surface area contributed by atoms with E-state index in [1.807, 2.05) is 24.3 Å². The average molecular weight is 389 g/mol. The van der Waals surface area contributed by atoms with Crippen molar-refractivity contribution in [2.75, 3.05) is 19.8 Å². The first-order chi connectivity index (χ1) is 13.5. The van der Waals surface area contributed by atoms with Crippen molar-refractivity contribution in [3.8, 4) is 5.75 Å². The third-order valence-corrected chi connectivity index (χ3v) is 3.97. The molecule has 1 rings (SSSR count). The van der Waals surface area contributed by atoms with Crippen LogP contribution in [0.3, 0.4) is 0 Å². The predicted octanol–water partition coefficient (Wildman–Crippen LogP) is 5.10. The first-order valence-corrected chi connectivity index (χ1v) is 9.93. The minimum absolute atomic E-state index is 0.00736. The molecule has 0 atom stereocenters. The Balaban J connectivity index is 2.21. The summed E-state index contributed by atoms with van der Waals surface area (Å²) in [5.74, 6) is -0.159. The monoisotopic (exact) mass is 388 g/mol. The maximum atomic E-state index is 11.6. The van der Waals surface area contributed by atoms with Gasteiger partial charge in [-0.2, -0.15) is 0 Å². The van der Waals surface area contributed by atoms with Crippen LogP contribution in [0.15, 0.2) is 42.5 Å². The predicted molar refractivity (Wildman–Crippen MR) is 111 cm³/mol. The molecule has 0 bridgehead atoms. The van der Waals surface area contributed by atoms with Gasteiger partial charge < -0.3 is 14.2 Å². The summed E-state index contributed by atoms with van der Waals surface area (Å²) in [6, 6.07) is 7.54. The van der Waals surface area contributed by atoms with Gasteiger partial charge in [-0.05, 0) is 37.1 Å². The molecule has 0 unspecified atom stereocenters. The lowest BCUT2D eigenvalue weighted by atomic mass is 10.1. The van der Waals surface area contributed by atoms with E-state index in [-0.39, 0.29) is 13.2 Å². The van der Waals surface area contributed by atoms with E-state index in [0.29, 0.717) is 5.57 Å². The van der Waals surface area contributed by atoms with E-state index in [1.54, 1.807) is 13.0 Å². The van der Waals surface area contributed by atoms with E-state index in [0.717, 1.165) is 24.3 Å². The SMILES string of the molecule is C=C(C)C(=O)OCCOC(=O)/C=C/c1ccc(OCCCCCCCC)cc1. The average Bonchev–Trinajstić information content (AvgIpc) is 2.69. The van der Waals surface area contributed by atoms with Crippen LogP contribution in [0.4, 0.5) is 0 Å². The van der Waals surface area contributed by atoms with Gasteiger partial charge in [-0.3, -0.25) is 0 Å².